The zero-order valence-electron chi connectivity index (χ0n) is 15.7. The fraction of sp³-hybridized carbons (Fsp3) is 0.364. The number of carbonyl (C=O) groups is 1. The second-order valence-electron chi connectivity index (χ2n) is 6.41. The van der Waals surface area contributed by atoms with Crippen LogP contribution in [0.25, 0.3) is 0 Å². The number of benzene rings is 2. The number of carbonyl (C=O) groups excluding carboxylic acids is 1. The molecule has 0 N–H and O–H groups in total. The molecule has 0 aliphatic carbocycles. The predicted octanol–water partition coefficient (Wildman–Crippen LogP) is 4.74. The van der Waals surface area contributed by atoms with Crippen molar-refractivity contribution in [1.82, 2.24) is 5.01 Å². The maximum atomic E-state index is 12.4. The Morgan fingerprint density at radius 1 is 1.08 bits per heavy atom. The smallest absolute Gasteiger partial charge is 0.242 e. The van der Waals surface area contributed by atoms with E-state index in [1.54, 1.807) is 5.01 Å². The van der Waals surface area contributed by atoms with Gasteiger partial charge in [-0.3, -0.25) is 4.79 Å². The highest BCUT2D eigenvalue weighted by Gasteiger charge is 2.32. The van der Waals surface area contributed by atoms with Crippen molar-refractivity contribution in [2.45, 2.75) is 46.1 Å². The summed E-state index contributed by atoms with van der Waals surface area (Å²) in [6.45, 7) is 6.64. The number of aryl methyl sites for hydroxylation is 1. The standard InChI is InChI=1S/C22H26N2O2/c1-4-16-7-9-18(10-8-16)21-15-20(23-24(21)22(25)5-2)17-11-13-19(14-12-17)26-6-3/h7-14,21H,4-6,15H2,1-3H3/t21-/m1/s1. The Morgan fingerprint density at radius 3 is 2.35 bits per heavy atom. The number of rotatable bonds is 6. The molecule has 4 nitrogen and oxygen atoms in total. The summed E-state index contributed by atoms with van der Waals surface area (Å²) in [6, 6.07) is 16.4. The largest absolute Gasteiger partial charge is 0.494 e. The van der Waals surface area contributed by atoms with E-state index in [1.165, 1.54) is 5.56 Å². The fourth-order valence-electron chi connectivity index (χ4n) is 3.22. The first-order chi connectivity index (χ1) is 12.7. The molecule has 0 radical (unpaired) electrons. The highest BCUT2D eigenvalue weighted by atomic mass is 16.5. The fourth-order valence-corrected chi connectivity index (χ4v) is 3.22. The molecule has 1 heterocycles. The lowest BCUT2D eigenvalue weighted by molar-refractivity contribution is -0.132. The summed E-state index contributed by atoms with van der Waals surface area (Å²) in [5.41, 5.74) is 4.41. The number of amides is 1. The van der Waals surface area contributed by atoms with Gasteiger partial charge in [-0.2, -0.15) is 5.10 Å². The van der Waals surface area contributed by atoms with Crippen LogP contribution in [0.3, 0.4) is 0 Å². The van der Waals surface area contributed by atoms with Crippen LogP contribution in [0.1, 0.15) is 56.3 Å². The average Bonchev–Trinajstić information content (AvgIpc) is 3.13. The van der Waals surface area contributed by atoms with E-state index in [0.29, 0.717) is 13.0 Å². The van der Waals surface area contributed by atoms with Gasteiger partial charge in [-0.25, -0.2) is 5.01 Å². The first-order valence-corrected chi connectivity index (χ1v) is 9.37. The van der Waals surface area contributed by atoms with Gasteiger partial charge in [-0.1, -0.05) is 38.1 Å². The highest BCUT2D eigenvalue weighted by molar-refractivity contribution is 6.03. The molecule has 2 aromatic carbocycles. The molecule has 2 aromatic rings. The molecule has 0 fully saturated rings. The third-order valence-corrected chi connectivity index (χ3v) is 4.74. The van der Waals surface area contributed by atoms with E-state index in [9.17, 15) is 4.79 Å². The van der Waals surface area contributed by atoms with Crippen molar-refractivity contribution in [3.63, 3.8) is 0 Å². The zero-order valence-corrected chi connectivity index (χ0v) is 15.7. The number of hydrogen-bond donors (Lipinski definition) is 0. The number of hydrogen-bond acceptors (Lipinski definition) is 3. The first kappa shape index (κ1) is 18.2. The summed E-state index contributed by atoms with van der Waals surface area (Å²) in [4.78, 5) is 12.4. The number of ether oxygens (including phenoxy) is 1. The molecule has 4 heteroatoms. The lowest BCUT2D eigenvalue weighted by Crippen LogP contribution is -2.26. The van der Waals surface area contributed by atoms with Crippen LogP contribution in [-0.4, -0.2) is 23.2 Å². The first-order valence-electron chi connectivity index (χ1n) is 9.37. The molecule has 1 aliphatic rings. The van der Waals surface area contributed by atoms with Gasteiger partial charge in [0.1, 0.15) is 5.75 Å². The van der Waals surface area contributed by atoms with Gasteiger partial charge in [0.25, 0.3) is 0 Å². The maximum Gasteiger partial charge on any atom is 0.242 e. The van der Waals surface area contributed by atoms with Gasteiger partial charge in [-0.15, -0.1) is 0 Å². The molecular formula is C22H26N2O2. The van der Waals surface area contributed by atoms with Crippen LogP contribution in [-0.2, 0) is 11.2 Å². The summed E-state index contributed by atoms with van der Waals surface area (Å²) in [6.07, 6.45) is 2.19. The number of nitrogens with zero attached hydrogens (tertiary/aromatic N) is 2. The van der Waals surface area contributed by atoms with E-state index in [4.69, 9.17) is 4.74 Å². The Bertz CT molecular complexity index is 779. The summed E-state index contributed by atoms with van der Waals surface area (Å²) in [5, 5.41) is 6.32. The Hall–Kier alpha value is -2.62. The van der Waals surface area contributed by atoms with Crippen LogP contribution in [0.5, 0.6) is 5.75 Å². The van der Waals surface area contributed by atoms with Gasteiger partial charge in [0, 0.05) is 12.8 Å². The third-order valence-electron chi connectivity index (χ3n) is 4.74. The molecule has 0 saturated carbocycles. The summed E-state index contributed by atoms with van der Waals surface area (Å²) < 4.78 is 5.51. The van der Waals surface area contributed by atoms with Crippen LogP contribution in [0, 0.1) is 0 Å². The summed E-state index contributed by atoms with van der Waals surface area (Å²) >= 11 is 0. The van der Waals surface area contributed by atoms with Gasteiger partial charge >= 0.3 is 0 Å². The molecular weight excluding hydrogens is 324 g/mol. The van der Waals surface area contributed by atoms with E-state index < -0.39 is 0 Å². The quantitative estimate of drug-likeness (QED) is 0.755. The lowest BCUT2D eigenvalue weighted by Gasteiger charge is -2.21. The van der Waals surface area contributed by atoms with E-state index in [-0.39, 0.29) is 11.9 Å². The third kappa shape index (κ3) is 3.79. The summed E-state index contributed by atoms with van der Waals surface area (Å²) in [7, 11) is 0. The molecule has 1 atom stereocenters. The molecule has 0 aromatic heterocycles. The molecule has 1 amide bonds. The molecule has 0 spiro atoms. The van der Waals surface area contributed by atoms with E-state index in [2.05, 4.69) is 36.3 Å². The van der Waals surface area contributed by atoms with Gasteiger partial charge in [0.15, 0.2) is 0 Å². The van der Waals surface area contributed by atoms with E-state index in [1.807, 2.05) is 38.1 Å². The van der Waals surface area contributed by atoms with Crippen molar-refractivity contribution in [3.05, 3.63) is 65.2 Å². The Morgan fingerprint density at radius 2 is 1.77 bits per heavy atom. The normalized spacial score (nSPS) is 16.5. The molecule has 0 unspecified atom stereocenters. The molecule has 26 heavy (non-hydrogen) atoms. The molecule has 0 bridgehead atoms. The Balaban J connectivity index is 1.86. The summed E-state index contributed by atoms with van der Waals surface area (Å²) in [5.74, 6) is 0.901. The van der Waals surface area contributed by atoms with Crippen molar-refractivity contribution in [2.75, 3.05) is 6.61 Å². The predicted molar refractivity (Wildman–Crippen MR) is 104 cm³/mol. The van der Waals surface area contributed by atoms with Gasteiger partial charge in [-0.05, 0) is 54.3 Å². The highest BCUT2D eigenvalue weighted by Crippen LogP contribution is 2.33. The second kappa shape index (κ2) is 8.17. The van der Waals surface area contributed by atoms with E-state index >= 15 is 0 Å². The van der Waals surface area contributed by atoms with Crippen molar-refractivity contribution in [2.24, 2.45) is 5.10 Å². The van der Waals surface area contributed by atoms with Gasteiger partial charge < -0.3 is 4.74 Å². The van der Waals surface area contributed by atoms with Gasteiger partial charge in [0.2, 0.25) is 5.91 Å². The van der Waals surface area contributed by atoms with Crippen LogP contribution in [0.15, 0.2) is 53.6 Å². The maximum absolute atomic E-state index is 12.4. The van der Waals surface area contributed by atoms with Crippen LogP contribution in [0.4, 0.5) is 0 Å². The second-order valence-corrected chi connectivity index (χ2v) is 6.41. The topological polar surface area (TPSA) is 41.9 Å². The van der Waals surface area contributed by atoms with Crippen LogP contribution >= 0.6 is 0 Å². The molecule has 136 valence electrons. The minimum absolute atomic E-state index is 0.0325. The number of hydrazone groups is 1. The van der Waals surface area contributed by atoms with Crippen molar-refractivity contribution in [1.29, 1.82) is 0 Å². The molecule has 3 rings (SSSR count). The van der Waals surface area contributed by atoms with Crippen molar-refractivity contribution in [3.8, 4) is 5.75 Å². The zero-order chi connectivity index (χ0) is 18.5. The monoisotopic (exact) mass is 350 g/mol. The average molecular weight is 350 g/mol. The van der Waals surface area contributed by atoms with Crippen molar-refractivity contribution < 1.29 is 9.53 Å². The van der Waals surface area contributed by atoms with E-state index in [0.717, 1.165) is 35.4 Å². The van der Waals surface area contributed by atoms with Crippen LogP contribution in [0.2, 0.25) is 0 Å². The SMILES string of the molecule is CCOc1ccc(C2=NN(C(=O)CC)[C@@H](c3ccc(CC)cc3)C2)cc1. The molecule has 1 aliphatic heterocycles. The lowest BCUT2D eigenvalue weighted by atomic mass is 9.97. The van der Waals surface area contributed by atoms with Gasteiger partial charge in [0.05, 0.1) is 18.4 Å². The Labute approximate surface area is 155 Å². The molecule has 0 saturated heterocycles. The van der Waals surface area contributed by atoms with Crippen molar-refractivity contribution >= 4 is 11.6 Å². The minimum Gasteiger partial charge on any atom is -0.494 e. The van der Waals surface area contributed by atoms with Crippen LogP contribution < -0.4 is 4.74 Å². The minimum atomic E-state index is -0.0325. The Kier molecular flexibility index (Phi) is 5.71.